The number of hydrogen-bond acceptors (Lipinski definition) is 4. The number of carboxylic acid groups (broad SMARTS) is 1. The third-order valence-electron chi connectivity index (χ3n) is 4.69. The third-order valence-corrected chi connectivity index (χ3v) is 4.69. The van der Waals surface area contributed by atoms with Gasteiger partial charge in [-0.05, 0) is 18.1 Å². The van der Waals surface area contributed by atoms with E-state index in [1.807, 2.05) is 0 Å². The second-order valence-corrected chi connectivity index (χ2v) is 6.71. The van der Waals surface area contributed by atoms with Gasteiger partial charge in [-0.1, -0.05) is 0 Å². The summed E-state index contributed by atoms with van der Waals surface area (Å²) in [6.07, 6.45) is -5.90. The predicted molar refractivity (Wildman–Crippen MR) is 86.2 cm³/mol. The highest BCUT2D eigenvalue weighted by molar-refractivity contribution is 5.82. The summed E-state index contributed by atoms with van der Waals surface area (Å²) in [5.41, 5.74) is -0.415. The fraction of sp³-hybridized carbons (Fsp3) is 0.412. The normalized spacial score (nSPS) is 15.1. The van der Waals surface area contributed by atoms with E-state index in [9.17, 15) is 41.0 Å². The molecule has 0 bridgehead atoms. The quantitative estimate of drug-likeness (QED) is 0.575. The average molecular weight is 436 g/mol. The largest absolute Gasteiger partial charge is 0.481 e. The average Bonchev–Trinajstić information content (AvgIpc) is 3.08. The van der Waals surface area contributed by atoms with Gasteiger partial charge in [-0.2, -0.15) is 13.2 Å². The summed E-state index contributed by atoms with van der Waals surface area (Å²) in [6, 6.07) is 0.800. The zero-order chi connectivity index (χ0) is 22.2. The molecule has 0 fully saturated rings. The number of aromatic nitrogens is 3. The number of benzene rings is 1. The van der Waals surface area contributed by atoms with Crippen molar-refractivity contribution in [3.8, 4) is 0 Å². The molecule has 1 aliphatic rings. The van der Waals surface area contributed by atoms with E-state index < -0.39 is 65.7 Å². The fourth-order valence-corrected chi connectivity index (χ4v) is 3.15. The predicted octanol–water partition coefficient (Wildman–Crippen LogP) is 2.39. The molecule has 1 aromatic carbocycles. The van der Waals surface area contributed by atoms with Crippen LogP contribution in [0.1, 0.15) is 23.6 Å². The van der Waals surface area contributed by atoms with Gasteiger partial charge in [0, 0.05) is 25.6 Å². The summed E-state index contributed by atoms with van der Waals surface area (Å²) in [5, 5.41) is 15.8. The highest BCUT2D eigenvalue weighted by atomic mass is 19.4. The number of hydrogen-bond donors (Lipinski definition) is 1. The first-order valence-corrected chi connectivity index (χ1v) is 8.60. The third kappa shape index (κ3) is 4.39. The number of rotatable bonds is 5. The molecule has 0 unspecified atom stereocenters. The van der Waals surface area contributed by atoms with Crippen molar-refractivity contribution in [1.82, 2.24) is 19.7 Å². The molecule has 162 valence electrons. The van der Waals surface area contributed by atoms with E-state index in [2.05, 4.69) is 10.2 Å². The lowest BCUT2D eigenvalue weighted by molar-refractivity contribution is -0.149. The molecular formula is C17H14F6N4O3. The van der Waals surface area contributed by atoms with E-state index in [0.717, 1.165) is 9.47 Å². The maximum Gasteiger partial charge on any atom is 0.451 e. The zero-order valence-corrected chi connectivity index (χ0v) is 15.1. The van der Waals surface area contributed by atoms with Gasteiger partial charge in [0.25, 0.3) is 0 Å². The summed E-state index contributed by atoms with van der Waals surface area (Å²) < 4.78 is 79.6. The van der Waals surface area contributed by atoms with Gasteiger partial charge in [-0.25, -0.2) is 13.2 Å². The second-order valence-electron chi connectivity index (χ2n) is 6.71. The topological polar surface area (TPSA) is 88.3 Å². The lowest BCUT2D eigenvalue weighted by Crippen LogP contribution is -2.40. The summed E-state index contributed by atoms with van der Waals surface area (Å²) >= 11 is 0. The standard InChI is InChI=1S/C17H14F6N4O3/c18-10-6-12(20)11(19)4-8(10)3-9(15(29)30)5-14(28)26-1-2-27-13(7-26)24-25-16(27)17(21,22)23/h4,6,9H,1-3,5,7H2,(H,29,30)/t9-/m1/s1. The van der Waals surface area contributed by atoms with Crippen LogP contribution in [0.2, 0.25) is 0 Å². The van der Waals surface area contributed by atoms with Crippen LogP contribution in [0.15, 0.2) is 12.1 Å². The summed E-state index contributed by atoms with van der Waals surface area (Å²) in [5.74, 6) is -8.89. The lowest BCUT2D eigenvalue weighted by atomic mass is 9.95. The summed E-state index contributed by atoms with van der Waals surface area (Å²) in [4.78, 5) is 25.1. The number of amides is 1. The minimum absolute atomic E-state index is 0.111. The van der Waals surface area contributed by atoms with E-state index in [1.54, 1.807) is 0 Å². The molecule has 1 atom stereocenters. The first-order chi connectivity index (χ1) is 14.0. The van der Waals surface area contributed by atoms with Crippen molar-refractivity contribution >= 4 is 11.9 Å². The molecular weight excluding hydrogens is 422 g/mol. The molecule has 2 heterocycles. The van der Waals surface area contributed by atoms with Gasteiger partial charge in [-0.3, -0.25) is 9.59 Å². The zero-order valence-electron chi connectivity index (χ0n) is 15.1. The van der Waals surface area contributed by atoms with Gasteiger partial charge in [0.15, 0.2) is 17.5 Å². The molecule has 0 radical (unpaired) electrons. The van der Waals surface area contributed by atoms with Crippen LogP contribution < -0.4 is 0 Å². The van der Waals surface area contributed by atoms with Crippen LogP contribution in [-0.2, 0) is 35.3 Å². The Hall–Kier alpha value is -3.12. The minimum Gasteiger partial charge on any atom is -0.481 e. The molecule has 3 rings (SSSR count). The summed E-state index contributed by atoms with van der Waals surface area (Å²) in [6.45, 7) is -0.689. The van der Waals surface area contributed by atoms with Gasteiger partial charge < -0.3 is 14.6 Å². The number of carbonyl (C=O) groups is 2. The Bertz CT molecular complexity index is 991. The summed E-state index contributed by atoms with van der Waals surface area (Å²) in [7, 11) is 0. The monoisotopic (exact) mass is 436 g/mol. The number of nitrogens with zero attached hydrogens (tertiary/aromatic N) is 4. The molecule has 7 nitrogen and oxygen atoms in total. The van der Waals surface area contributed by atoms with E-state index in [-0.39, 0.29) is 31.5 Å². The van der Waals surface area contributed by atoms with E-state index in [4.69, 9.17) is 0 Å². The molecule has 0 spiro atoms. The Labute approximate surface area is 164 Å². The molecule has 30 heavy (non-hydrogen) atoms. The SMILES string of the molecule is O=C(O)[C@@H](CC(=O)N1CCn2c(nnc2C(F)(F)F)C1)Cc1cc(F)c(F)cc1F. The molecule has 1 aliphatic heterocycles. The maximum absolute atomic E-state index is 13.8. The van der Waals surface area contributed by atoms with Crippen molar-refractivity contribution in [1.29, 1.82) is 0 Å². The number of carbonyl (C=O) groups excluding carboxylic acids is 1. The highest BCUT2D eigenvalue weighted by Gasteiger charge is 2.40. The fourth-order valence-electron chi connectivity index (χ4n) is 3.15. The van der Waals surface area contributed by atoms with E-state index in [1.165, 1.54) is 0 Å². The molecule has 1 aromatic heterocycles. The molecule has 0 saturated heterocycles. The van der Waals surface area contributed by atoms with Crippen molar-refractivity contribution in [3.63, 3.8) is 0 Å². The highest BCUT2D eigenvalue weighted by Crippen LogP contribution is 2.29. The molecule has 1 amide bonds. The Balaban J connectivity index is 1.71. The van der Waals surface area contributed by atoms with Crippen molar-refractivity contribution in [2.24, 2.45) is 5.92 Å². The number of halogens is 6. The van der Waals surface area contributed by atoms with Gasteiger partial charge in [0.05, 0.1) is 12.5 Å². The Morgan fingerprint density at radius 3 is 2.37 bits per heavy atom. The molecule has 13 heteroatoms. The molecule has 0 saturated carbocycles. The van der Waals surface area contributed by atoms with Crippen LogP contribution in [0.3, 0.4) is 0 Å². The number of alkyl halides is 3. The maximum atomic E-state index is 13.8. The smallest absolute Gasteiger partial charge is 0.451 e. The Morgan fingerprint density at radius 2 is 1.73 bits per heavy atom. The van der Waals surface area contributed by atoms with Crippen molar-refractivity contribution < 1.29 is 41.0 Å². The molecule has 2 aromatic rings. The van der Waals surface area contributed by atoms with E-state index in [0.29, 0.717) is 6.07 Å². The first kappa shape index (κ1) is 21.6. The van der Waals surface area contributed by atoms with E-state index >= 15 is 0 Å². The number of carboxylic acids is 1. The van der Waals surface area contributed by atoms with Gasteiger partial charge in [0.2, 0.25) is 11.7 Å². The molecule has 1 N–H and O–H groups in total. The lowest BCUT2D eigenvalue weighted by Gasteiger charge is -2.29. The Morgan fingerprint density at radius 1 is 1.07 bits per heavy atom. The van der Waals surface area contributed by atoms with Crippen LogP contribution in [0, 0.1) is 23.4 Å². The first-order valence-electron chi connectivity index (χ1n) is 8.60. The van der Waals surface area contributed by atoms with Crippen molar-refractivity contribution in [2.45, 2.75) is 32.1 Å². The minimum atomic E-state index is -4.71. The van der Waals surface area contributed by atoms with Gasteiger partial charge in [-0.15, -0.1) is 10.2 Å². The van der Waals surface area contributed by atoms with Gasteiger partial charge >= 0.3 is 12.1 Å². The molecule has 0 aliphatic carbocycles. The Kier molecular flexibility index (Phi) is 5.72. The van der Waals surface area contributed by atoms with Crippen LogP contribution in [-0.4, -0.2) is 43.2 Å². The van der Waals surface area contributed by atoms with Crippen molar-refractivity contribution in [3.05, 3.63) is 46.8 Å². The van der Waals surface area contributed by atoms with Gasteiger partial charge in [0.1, 0.15) is 5.82 Å². The van der Waals surface area contributed by atoms with Crippen molar-refractivity contribution in [2.75, 3.05) is 6.54 Å². The van der Waals surface area contributed by atoms with Crippen LogP contribution in [0.4, 0.5) is 26.3 Å². The second kappa shape index (κ2) is 7.95. The van der Waals surface area contributed by atoms with Crippen LogP contribution >= 0.6 is 0 Å². The van der Waals surface area contributed by atoms with Crippen LogP contribution in [0.5, 0.6) is 0 Å². The number of fused-ring (bicyclic) bond motifs is 1. The van der Waals surface area contributed by atoms with Crippen LogP contribution in [0.25, 0.3) is 0 Å². The number of aliphatic carboxylic acids is 1.